The molecule has 1 aliphatic rings. The Balaban J connectivity index is 2.47. The summed E-state index contributed by atoms with van der Waals surface area (Å²) in [5.74, 6) is -0.323. The molecule has 0 fully saturated rings. The fraction of sp³-hybridized carbons (Fsp3) is 0.462. The van der Waals surface area contributed by atoms with E-state index in [0.717, 1.165) is 17.5 Å². The number of ether oxygens (including phenoxy) is 2. The topological polar surface area (TPSA) is 81.8 Å². The van der Waals surface area contributed by atoms with E-state index in [4.69, 9.17) is 15.2 Å². The molecule has 5 nitrogen and oxygen atoms in total. The van der Waals surface area contributed by atoms with E-state index in [1.165, 1.54) is 0 Å². The Hall–Kier alpha value is -1.75. The van der Waals surface area contributed by atoms with Gasteiger partial charge in [0.2, 0.25) is 0 Å². The molecule has 2 rings (SSSR count). The lowest BCUT2D eigenvalue weighted by molar-refractivity contribution is -0.138. The predicted octanol–water partition coefficient (Wildman–Crippen LogP) is 1.15. The lowest BCUT2D eigenvalue weighted by Gasteiger charge is -2.22. The molecule has 0 spiro atoms. The molecule has 98 valence electrons. The highest BCUT2D eigenvalue weighted by molar-refractivity contribution is 5.77. The van der Waals surface area contributed by atoms with Crippen LogP contribution >= 0.6 is 0 Å². The first-order chi connectivity index (χ1) is 8.67. The summed E-state index contributed by atoms with van der Waals surface area (Å²) < 4.78 is 11.0. The number of rotatable bonds is 4. The molecule has 0 aromatic heterocycles. The third kappa shape index (κ3) is 2.26. The highest BCUT2D eigenvalue weighted by Crippen LogP contribution is 2.36. The Labute approximate surface area is 106 Å². The van der Waals surface area contributed by atoms with E-state index in [9.17, 15) is 9.90 Å². The van der Waals surface area contributed by atoms with Crippen LogP contribution in [0.4, 0.5) is 0 Å². The minimum atomic E-state index is -0.913. The zero-order valence-corrected chi connectivity index (χ0v) is 10.3. The largest absolute Gasteiger partial charge is 0.486 e. The summed E-state index contributed by atoms with van der Waals surface area (Å²) in [6.07, 6.45) is 0.732. The van der Waals surface area contributed by atoms with Crippen LogP contribution in [0.3, 0.4) is 0 Å². The van der Waals surface area contributed by atoms with E-state index in [2.05, 4.69) is 0 Å². The van der Waals surface area contributed by atoms with Crippen LogP contribution in [-0.2, 0) is 11.2 Å². The normalized spacial score (nSPS) is 15.2. The summed E-state index contributed by atoms with van der Waals surface area (Å²) in [5, 5.41) is 9.20. The molecule has 1 unspecified atom stereocenters. The van der Waals surface area contributed by atoms with Gasteiger partial charge in [0.25, 0.3) is 0 Å². The SMILES string of the molecule is CCc1cc2c(cc1C(CN)C(=O)O)OCCO2. The highest BCUT2D eigenvalue weighted by Gasteiger charge is 2.24. The van der Waals surface area contributed by atoms with Gasteiger partial charge in [-0.25, -0.2) is 0 Å². The molecule has 3 N–H and O–H groups in total. The van der Waals surface area contributed by atoms with Crippen molar-refractivity contribution >= 4 is 5.97 Å². The van der Waals surface area contributed by atoms with Crippen molar-refractivity contribution in [2.45, 2.75) is 19.3 Å². The molecule has 18 heavy (non-hydrogen) atoms. The summed E-state index contributed by atoms with van der Waals surface area (Å²) in [5.41, 5.74) is 7.21. The smallest absolute Gasteiger partial charge is 0.312 e. The lowest BCUT2D eigenvalue weighted by atomic mass is 9.92. The molecule has 0 bridgehead atoms. The average Bonchev–Trinajstić information content (AvgIpc) is 2.38. The zero-order valence-electron chi connectivity index (χ0n) is 10.3. The van der Waals surface area contributed by atoms with Crippen LogP contribution in [-0.4, -0.2) is 30.8 Å². The van der Waals surface area contributed by atoms with Crippen LogP contribution in [0, 0.1) is 0 Å². The predicted molar refractivity (Wildman–Crippen MR) is 66.2 cm³/mol. The van der Waals surface area contributed by atoms with Gasteiger partial charge in [-0.05, 0) is 29.7 Å². The Morgan fingerprint density at radius 1 is 1.39 bits per heavy atom. The van der Waals surface area contributed by atoms with Crippen molar-refractivity contribution in [3.05, 3.63) is 23.3 Å². The molecular formula is C13H17NO4. The van der Waals surface area contributed by atoms with Crippen molar-refractivity contribution in [3.63, 3.8) is 0 Å². The van der Waals surface area contributed by atoms with Gasteiger partial charge in [-0.15, -0.1) is 0 Å². The van der Waals surface area contributed by atoms with E-state index >= 15 is 0 Å². The second-order valence-electron chi connectivity index (χ2n) is 4.17. The van der Waals surface area contributed by atoms with Gasteiger partial charge in [0.15, 0.2) is 11.5 Å². The third-order valence-electron chi connectivity index (χ3n) is 3.09. The number of aliphatic carboxylic acids is 1. The second kappa shape index (κ2) is 5.27. The first-order valence-corrected chi connectivity index (χ1v) is 6.02. The van der Waals surface area contributed by atoms with Crippen LogP contribution in [0.25, 0.3) is 0 Å². The molecule has 1 aromatic rings. The highest BCUT2D eigenvalue weighted by atomic mass is 16.6. The van der Waals surface area contributed by atoms with E-state index in [1.807, 2.05) is 13.0 Å². The number of carboxylic acids is 1. The van der Waals surface area contributed by atoms with Crippen LogP contribution in [0.1, 0.15) is 24.0 Å². The zero-order chi connectivity index (χ0) is 13.1. The summed E-state index contributed by atoms with van der Waals surface area (Å²) in [7, 11) is 0. The molecule has 5 heteroatoms. The molecule has 1 heterocycles. The summed E-state index contributed by atoms with van der Waals surface area (Å²) in [6.45, 7) is 3.05. The standard InChI is InChI=1S/C13H17NO4/c1-2-8-5-11-12(18-4-3-17-11)6-9(8)10(7-14)13(15)16/h5-6,10H,2-4,7,14H2,1H3,(H,15,16). The quantitative estimate of drug-likeness (QED) is 0.838. The fourth-order valence-electron chi connectivity index (χ4n) is 2.14. The summed E-state index contributed by atoms with van der Waals surface area (Å²) >= 11 is 0. The van der Waals surface area contributed by atoms with Gasteiger partial charge in [0.05, 0.1) is 5.92 Å². The van der Waals surface area contributed by atoms with Crippen molar-refractivity contribution in [2.24, 2.45) is 5.73 Å². The van der Waals surface area contributed by atoms with Gasteiger partial charge in [-0.2, -0.15) is 0 Å². The monoisotopic (exact) mass is 251 g/mol. The third-order valence-corrected chi connectivity index (χ3v) is 3.09. The van der Waals surface area contributed by atoms with E-state index in [-0.39, 0.29) is 6.54 Å². The first kappa shape index (κ1) is 12.7. The van der Waals surface area contributed by atoms with Crippen molar-refractivity contribution in [3.8, 4) is 11.5 Å². The molecule has 1 aromatic carbocycles. The van der Waals surface area contributed by atoms with Crippen LogP contribution in [0.5, 0.6) is 11.5 Å². The minimum Gasteiger partial charge on any atom is -0.486 e. The molecule has 0 saturated carbocycles. The first-order valence-electron chi connectivity index (χ1n) is 6.02. The maximum Gasteiger partial charge on any atom is 0.312 e. The van der Waals surface area contributed by atoms with Gasteiger partial charge in [-0.3, -0.25) is 4.79 Å². The Morgan fingerprint density at radius 3 is 2.50 bits per heavy atom. The van der Waals surface area contributed by atoms with Crippen molar-refractivity contribution in [1.82, 2.24) is 0 Å². The van der Waals surface area contributed by atoms with E-state index in [0.29, 0.717) is 24.7 Å². The van der Waals surface area contributed by atoms with Gasteiger partial charge in [0.1, 0.15) is 13.2 Å². The van der Waals surface area contributed by atoms with Crippen LogP contribution < -0.4 is 15.2 Å². The van der Waals surface area contributed by atoms with Gasteiger partial charge in [-0.1, -0.05) is 6.92 Å². The molecular weight excluding hydrogens is 234 g/mol. The van der Waals surface area contributed by atoms with Crippen molar-refractivity contribution in [2.75, 3.05) is 19.8 Å². The number of benzene rings is 1. The molecule has 0 saturated heterocycles. The van der Waals surface area contributed by atoms with Gasteiger partial charge >= 0.3 is 5.97 Å². The number of hydrogen-bond acceptors (Lipinski definition) is 4. The van der Waals surface area contributed by atoms with Gasteiger partial charge < -0.3 is 20.3 Å². The molecule has 0 radical (unpaired) electrons. The van der Waals surface area contributed by atoms with Gasteiger partial charge in [0, 0.05) is 6.54 Å². The fourth-order valence-corrected chi connectivity index (χ4v) is 2.14. The number of hydrogen-bond donors (Lipinski definition) is 2. The Morgan fingerprint density at radius 2 is 2.00 bits per heavy atom. The summed E-state index contributed by atoms with van der Waals surface area (Å²) in [4.78, 5) is 11.2. The van der Waals surface area contributed by atoms with Crippen LogP contribution in [0.2, 0.25) is 0 Å². The molecule has 1 atom stereocenters. The number of nitrogens with two attached hydrogens (primary N) is 1. The minimum absolute atomic E-state index is 0.0714. The molecule has 0 aliphatic carbocycles. The second-order valence-corrected chi connectivity index (χ2v) is 4.17. The van der Waals surface area contributed by atoms with E-state index in [1.54, 1.807) is 6.07 Å². The maximum absolute atomic E-state index is 11.2. The Kier molecular flexibility index (Phi) is 3.72. The molecule has 1 aliphatic heterocycles. The Bertz CT molecular complexity index is 459. The number of carboxylic acid groups (broad SMARTS) is 1. The molecule has 0 amide bonds. The average molecular weight is 251 g/mol. The number of carbonyl (C=O) groups is 1. The van der Waals surface area contributed by atoms with Crippen molar-refractivity contribution < 1.29 is 19.4 Å². The van der Waals surface area contributed by atoms with Crippen LogP contribution in [0.15, 0.2) is 12.1 Å². The number of fused-ring (bicyclic) bond motifs is 1. The van der Waals surface area contributed by atoms with E-state index < -0.39 is 11.9 Å². The van der Waals surface area contributed by atoms with Crippen molar-refractivity contribution in [1.29, 1.82) is 0 Å². The maximum atomic E-state index is 11.2. The lowest BCUT2D eigenvalue weighted by Crippen LogP contribution is -2.23. The number of aryl methyl sites for hydroxylation is 1. The summed E-state index contributed by atoms with van der Waals surface area (Å²) in [6, 6.07) is 3.61.